The number of allylic oxidation sites excluding steroid dienone is 1. The van der Waals surface area contributed by atoms with Crippen molar-refractivity contribution < 1.29 is 4.39 Å². The van der Waals surface area contributed by atoms with E-state index in [4.69, 9.17) is 0 Å². The van der Waals surface area contributed by atoms with Crippen LogP contribution < -0.4 is 0 Å². The van der Waals surface area contributed by atoms with Crippen molar-refractivity contribution in [2.45, 2.75) is 51.9 Å². The lowest BCUT2D eigenvalue weighted by Gasteiger charge is -2.05. The minimum Gasteiger partial charge on any atom is -0.205 e. The first kappa shape index (κ1) is 24.5. The first-order valence-electron chi connectivity index (χ1n) is 12.7. The van der Waals surface area contributed by atoms with E-state index < -0.39 is 0 Å². The normalized spacial score (nSPS) is 10.7. The standard InChI is InChI=1S/C34H33F/c1-3-5-7-26-9-11-27(12-10-26)13-14-28-15-17-29(18-16-28)19-21-31-22-23-32-25-30(8-6-4-2)20-24-33(32)34(31)35/h4,9-12,15-18,20,22-25H,2-3,5-8,13-14H2,1H3. The van der Waals surface area contributed by atoms with Crippen LogP contribution in [-0.4, -0.2) is 0 Å². The first-order chi connectivity index (χ1) is 17.2. The maximum atomic E-state index is 15.0. The number of rotatable bonds is 9. The van der Waals surface area contributed by atoms with E-state index in [1.54, 1.807) is 6.07 Å². The van der Waals surface area contributed by atoms with Gasteiger partial charge in [-0.1, -0.05) is 91.9 Å². The van der Waals surface area contributed by atoms with Crippen LogP contribution >= 0.6 is 0 Å². The summed E-state index contributed by atoms with van der Waals surface area (Å²) in [6.45, 7) is 6.00. The molecule has 35 heavy (non-hydrogen) atoms. The molecule has 0 unspecified atom stereocenters. The fourth-order valence-electron chi connectivity index (χ4n) is 4.30. The minimum atomic E-state index is -0.248. The molecule has 0 aromatic heterocycles. The number of unbranched alkanes of at least 4 members (excludes halogenated alkanes) is 1. The zero-order valence-electron chi connectivity index (χ0n) is 20.6. The van der Waals surface area contributed by atoms with Gasteiger partial charge in [0.15, 0.2) is 0 Å². The third-order valence-corrected chi connectivity index (χ3v) is 6.50. The third kappa shape index (κ3) is 6.71. The van der Waals surface area contributed by atoms with Crippen molar-refractivity contribution in [2.24, 2.45) is 0 Å². The molecule has 0 radical (unpaired) electrons. The number of hydrogen-bond donors (Lipinski definition) is 0. The zero-order valence-corrected chi connectivity index (χ0v) is 20.6. The molecule has 176 valence electrons. The molecule has 4 aromatic rings. The Labute approximate surface area is 209 Å². The van der Waals surface area contributed by atoms with Crippen LogP contribution in [0.2, 0.25) is 0 Å². The van der Waals surface area contributed by atoms with Gasteiger partial charge in [0, 0.05) is 10.9 Å². The number of benzene rings is 4. The molecule has 0 amide bonds. The Kier molecular flexibility index (Phi) is 8.53. The second-order valence-electron chi connectivity index (χ2n) is 9.18. The van der Waals surface area contributed by atoms with E-state index in [0.717, 1.165) is 36.6 Å². The molecule has 0 heterocycles. The molecule has 0 aliphatic carbocycles. The van der Waals surface area contributed by atoms with Gasteiger partial charge in [0.05, 0.1) is 5.56 Å². The van der Waals surface area contributed by atoms with Crippen LogP contribution in [-0.2, 0) is 25.7 Å². The topological polar surface area (TPSA) is 0 Å². The molecule has 0 atom stereocenters. The largest absolute Gasteiger partial charge is 0.205 e. The summed E-state index contributed by atoms with van der Waals surface area (Å²) in [5, 5.41) is 1.53. The monoisotopic (exact) mass is 460 g/mol. The molecule has 1 heteroatoms. The van der Waals surface area contributed by atoms with Crippen molar-refractivity contribution in [1.82, 2.24) is 0 Å². The summed E-state index contributed by atoms with van der Waals surface area (Å²) in [7, 11) is 0. The quantitative estimate of drug-likeness (QED) is 0.173. The summed E-state index contributed by atoms with van der Waals surface area (Å²) >= 11 is 0. The number of hydrogen-bond acceptors (Lipinski definition) is 0. The van der Waals surface area contributed by atoms with Crippen LogP contribution in [0.25, 0.3) is 10.8 Å². The summed E-state index contributed by atoms with van der Waals surface area (Å²) in [5.74, 6) is 5.91. The van der Waals surface area contributed by atoms with E-state index in [1.165, 1.54) is 41.5 Å². The van der Waals surface area contributed by atoms with Gasteiger partial charge in [0.2, 0.25) is 0 Å². The fraction of sp³-hybridized carbons (Fsp3) is 0.235. The van der Waals surface area contributed by atoms with E-state index in [2.05, 4.69) is 67.8 Å². The van der Waals surface area contributed by atoms with Crippen molar-refractivity contribution in [2.75, 3.05) is 0 Å². The molecule has 0 N–H and O–H groups in total. The maximum Gasteiger partial charge on any atom is 0.146 e. The van der Waals surface area contributed by atoms with Gasteiger partial charge in [-0.25, -0.2) is 4.39 Å². The van der Waals surface area contributed by atoms with Gasteiger partial charge in [-0.15, -0.1) is 6.58 Å². The molecular formula is C34H33F. The SMILES string of the molecule is C=CCCc1ccc2c(F)c(C#Cc3ccc(CCc4ccc(CCCC)cc4)cc3)ccc2c1. The van der Waals surface area contributed by atoms with Gasteiger partial charge in [-0.2, -0.15) is 0 Å². The van der Waals surface area contributed by atoms with Crippen LogP contribution in [0.1, 0.15) is 59.6 Å². The van der Waals surface area contributed by atoms with Crippen molar-refractivity contribution in [3.05, 3.63) is 131 Å². The molecule has 0 saturated carbocycles. The van der Waals surface area contributed by atoms with Crippen LogP contribution in [0.4, 0.5) is 4.39 Å². The molecule has 4 aromatic carbocycles. The van der Waals surface area contributed by atoms with Crippen LogP contribution in [0.5, 0.6) is 0 Å². The second-order valence-corrected chi connectivity index (χ2v) is 9.18. The van der Waals surface area contributed by atoms with Gasteiger partial charge < -0.3 is 0 Å². The highest BCUT2D eigenvalue weighted by molar-refractivity contribution is 5.85. The second kappa shape index (κ2) is 12.2. The average molecular weight is 461 g/mol. The van der Waals surface area contributed by atoms with Crippen LogP contribution in [0.15, 0.2) is 91.5 Å². The van der Waals surface area contributed by atoms with Gasteiger partial charge in [-0.05, 0) is 84.4 Å². The molecule has 0 aliphatic rings. The van der Waals surface area contributed by atoms with E-state index in [1.807, 2.05) is 36.4 Å². The Balaban J connectivity index is 1.39. The fourth-order valence-corrected chi connectivity index (χ4v) is 4.30. The summed E-state index contributed by atoms with van der Waals surface area (Å²) in [5.41, 5.74) is 6.61. The lowest BCUT2D eigenvalue weighted by Crippen LogP contribution is -1.93. The highest BCUT2D eigenvalue weighted by Gasteiger charge is 2.06. The number of aryl methyl sites for hydroxylation is 4. The maximum absolute atomic E-state index is 15.0. The van der Waals surface area contributed by atoms with E-state index >= 15 is 4.39 Å². The van der Waals surface area contributed by atoms with Gasteiger partial charge in [0.25, 0.3) is 0 Å². The summed E-state index contributed by atoms with van der Waals surface area (Å²) < 4.78 is 15.0. The predicted octanol–water partition coefficient (Wildman–Crippen LogP) is 8.63. The predicted molar refractivity (Wildman–Crippen MR) is 147 cm³/mol. The first-order valence-corrected chi connectivity index (χ1v) is 12.7. The Bertz CT molecular complexity index is 1330. The van der Waals surface area contributed by atoms with Gasteiger partial charge in [0.1, 0.15) is 5.82 Å². The van der Waals surface area contributed by atoms with E-state index in [0.29, 0.717) is 10.9 Å². The number of halogens is 1. The van der Waals surface area contributed by atoms with Crippen LogP contribution in [0, 0.1) is 17.7 Å². The highest BCUT2D eigenvalue weighted by atomic mass is 19.1. The molecule has 0 nitrogen and oxygen atoms in total. The lowest BCUT2D eigenvalue weighted by molar-refractivity contribution is 0.636. The van der Waals surface area contributed by atoms with Crippen molar-refractivity contribution in [3.8, 4) is 11.8 Å². The van der Waals surface area contributed by atoms with Crippen LogP contribution in [0.3, 0.4) is 0 Å². The average Bonchev–Trinajstić information content (AvgIpc) is 2.90. The Morgan fingerprint density at radius 3 is 2.00 bits per heavy atom. The minimum absolute atomic E-state index is 0.248. The Morgan fingerprint density at radius 2 is 1.34 bits per heavy atom. The molecule has 4 rings (SSSR count). The summed E-state index contributed by atoms with van der Waals surface area (Å²) in [6, 6.07) is 27.0. The smallest absolute Gasteiger partial charge is 0.146 e. The molecule has 0 saturated heterocycles. The van der Waals surface area contributed by atoms with Gasteiger partial charge >= 0.3 is 0 Å². The number of fused-ring (bicyclic) bond motifs is 1. The molecule has 0 spiro atoms. The molecule has 0 fully saturated rings. The molecule has 0 aliphatic heterocycles. The lowest BCUT2D eigenvalue weighted by atomic mass is 10.0. The highest BCUT2D eigenvalue weighted by Crippen LogP contribution is 2.23. The third-order valence-electron chi connectivity index (χ3n) is 6.50. The summed E-state index contributed by atoms with van der Waals surface area (Å²) in [6.07, 6.45) is 9.41. The zero-order chi connectivity index (χ0) is 24.5. The Morgan fingerprint density at radius 1 is 0.714 bits per heavy atom. The van der Waals surface area contributed by atoms with Gasteiger partial charge in [-0.3, -0.25) is 0 Å². The molecular weight excluding hydrogens is 427 g/mol. The molecule has 0 bridgehead atoms. The Hall–Kier alpha value is -3.63. The van der Waals surface area contributed by atoms with Crippen molar-refractivity contribution in [3.63, 3.8) is 0 Å². The van der Waals surface area contributed by atoms with E-state index in [-0.39, 0.29) is 5.82 Å². The van der Waals surface area contributed by atoms with Crippen molar-refractivity contribution in [1.29, 1.82) is 0 Å². The summed E-state index contributed by atoms with van der Waals surface area (Å²) in [4.78, 5) is 0. The van der Waals surface area contributed by atoms with Crippen molar-refractivity contribution >= 4 is 10.8 Å². The van der Waals surface area contributed by atoms with E-state index in [9.17, 15) is 0 Å².